The quantitative estimate of drug-likeness (QED) is 0.251. The largest absolute Gasteiger partial charge is 0.321 e. The van der Waals surface area contributed by atoms with E-state index in [-0.39, 0.29) is 11.3 Å². The zero-order chi connectivity index (χ0) is 24.4. The summed E-state index contributed by atoms with van der Waals surface area (Å²) in [6, 6.07) is 25.9. The maximum Gasteiger partial charge on any atom is 0.255 e. The van der Waals surface area contributed by atoms with Crippen molar-refractivity contribution in [2.75, 3.05) is 5.32 Å². The lowest BCUT2D eigenvalue weighted by atomic mass is 9.87. The molecule has 174 valence electrons. The first-order chi connectivity index (χ1) is 16.9. The van der Waals surface area contributed by atoms with Crippen LogP contribution in [-0.4, -0.2) is 15.9 Å². The summed E-state index contributed by atoms with van der Waals surface area (Å²) >= 11 is 3.16. The van der Waals surface area contributed by atoms with Crippen LogP contribution in [0.2, 0.25) is 0 Å². The highest BCUT2D eigenvalue weighted by Crippen LogP contribution is 2.41. The van der Waals surface area contributed by atoms with Crippen molar-refractivity contribution in [3.8, 4) is 11.1 Å². The molecule has 5 rings (SSSR count). The Bertz CT molecular complexity index is 1490. The highest BCUT2D eigenvalue weighted by molar-refractivity contribution is 7.99. The summed E-state index contributed by atoms with van der Waals surface area (Å²) in [4.78, 5) is 24.0. The summed E-state index contributed by atoms with van der Waals surface area (Å²) in [6.45, 7) is 6.49. The van der Waals surface area contributed by atoms with Gasteiger partial charge in [-0.05, 0) is 40.8 Å². The molecule has 0 aliphatic carbocycles. The van der Waals surface area contributed by atoms with Crippen LogP contribution in [0.1, 0.15) is 36.7 Å². The lowest BCUT2D eigenvalue weighted by Crippen LogP contribution is -2.14. The van der Waals surface area contributed by atoms with Gasteiger partial charge in [-0.3, -0.25) is 4.79 Å². The molecule has 1 N–H and O–H groups in total. The fraction of sp³-hybridized carbons (Fsp3) is 0.138. The van der Waals surface area contributed by atoms with Crippen molar-refractivity contribution >= 4 is 44.9 Å². The Morgan fingerprint density at radius 1 is 0.886 bits per heavy atom. The molecule has 5 aromatic rings. The Morgan fingerprint density at radius 2 is 1.60 bits per heavy atom. The summed E-state index contributed by atoms with van der Waals surface area (Å²) in [5.74, 6) is -0.133. The van der Waals surface area contributed by atoms with E-state index in [9.17, 15) is 4.79 Å². The minimum atomic E-state index is -0.133. The third-order valence-electron chi connectivity index (χ3n) is 5.78. The highest BCUT2D eigenvalue weighted by atomic mass is 32.2. The number of nitrogens with one attached hydrogen (secondary N) is 1. The van der Waals surface area contributed by atoms with E-state index in [1.165, 1.54) is 5.56 Å². The van der Waals surface area contributed by atoms with Gasteiger partial charge in [0, 0.05) is 21.4 Å². The number of carbonyl (C=O) groups excluding carboxylic acids is 1. The predicted molar refractivity (Wildman–Crippen MR) is 147 cm³/mol. The van der Waals surface area contributed by atoms with E-state index in [4.69, 9.17) is 0 Å². The van der Waals surface area contributed by atoms with Crippen LogP contribution < -0.4 is 5.32 Å². The third kappa shape index (κ3) is 4.99. The fourth-order valence-electron chi connectivity index (χ4n) is 3.83. The molecule has 0 fully saturated rings. The standard InChI is InChI=1S/C29H25N3OS2/c1-29(2,3)21-15-13-20(14-16-21)26(33)32-23-11-7-8-12-24(23)35-28-25-22(19-9-5-4-6-10-19)17-34-27(25)30-18-31-28/h4-18H,1-3H3,(H,32,33). The number of hydrogen-bond donors (Lipinski definition) is 1. The van der Waals surface area contributed by atoms with Crippen LogP contribution in [0.3, 0.4) is 0 Å². The number of para-hydroxylation sites is 1. The Kier molecular flexibility index (Phi) is 6.41. The van der Waals surface area contributed by atoms with E-state index in [1.807, 2.05) is 66.7 Å². The number of thiophene rings is 1. The van der Waals surface area contributed by atoms with Gasteiger partial charge in [-0.2, -0.15) is 0 Å². The van der Waals surface area contributed by atoms with E-state index in [0.717, 1.165) is 37.0 Å². The lowest BCUT2D eigenvalue weighted by molar-refractivity contribution is 0.102. The van der Waals surface area contributed by atoms with Gasteiger partial charge in [-0.25, -0.2) is 9.97 Å². The van der Waals surface area contributed by atoms with Crippen LogP contribution in [-0.2, 0) is 5.41 Å². The van der Waals surface area contributed by atoms with E-state index >= 15 is 0 Å². The first-order valence-electron chi connectivity index (χ1n) is 11.4. The number of hydrogen-bond acceptors (Lipinski definition) is 5. The number of benzene rings is 3. The normalized spacial score (nSPS) is 11.5. The lowest BCUT2D eigenvalue weighted by Gasteiger charge is -2.19. The van der Waals surface area contributed by atoms with Crippen molar-refractivity contribution in [2.24, 2.45) is 0 Å². The number of carbonyl (C=O) groups is 1. The van der Waals surface area contributed by atoms with E-state index in [1.54, 1.807) is 29.4 Å². The maximum absolute atomic E-state index is 13.0. The summed E-state index contributed by atoms with van der Waals surface area (Å²) in [5, 5.41) is 7.13. The molecule has 4 nitrogen and oxygen atoms in total. The van der Waals surface area contributed by atoms with Crippen molar-refractivity contribution < 1.29 is 4.79 Å². The highest BCUT2D eigenvalue weighted by Gasteiger charge is 2.17. The topological polar surface area (TPSA) is 54.9 Å². The fourth-order valence-corrected chi connectivity index (χ4v) is 5.81. The van der Waals surface area contributed by atoms with Crippen molar-refractivity contribution in [1.82, 2.24) is 9.97 Å². The van der Waals surface area contributed by atoms with Crippen LogP contribution in [0.15, 0.2) is 100 Å². The first kappa shape index (κ1) is 23.3. The van der Waals surface area contributed by atoms with Gasteiger partial charge in [0.25, 0.3) is 5.91 Å². The van der Waals surface area contributed by atoms with Crippen LogP contribution in [0.5, 0.6) is 0 Å². The molecule has 35 heavy (non-hydrogen) atoms. The second kappa shape index (κ2) is 9.64. The molecule has 0 radical (unpaired) electrons. The number of anilines is 1. The number of amides is 1. The average Bonchev–Trinajstić information content (AvgIpc) is 3.31. The van der Waals surface area contributed by atoms with E-state index in [2.05, 4.69) is 53.6 Å². The molecule has 0 saturated heterocycles. The molecule has 0 saturated carbocycles. The Balaban J connectivity index is 1.45. The van der Waals surface area contributed by atoms with Crippen LogP contribution >= 0.6 is 23.1 Å². The zero-order valence-corrected chi connectivity index (χ0v) is 21.4. The number of fused-ring (bicyclic) bond motifs is 1. The average molecular weight is 496 g/mol. The molecule has 6 heteroatoms. The summed E-state index contributed by atoms with van der Waals surface area (Å²) in [5.41, 5.74) is 4.88. The molecule has 2 heterocycles. The predicted octanol–water partition coefficient (Wildman–Crippen LogP) is 8.06. The van der Waals surface area contributed by atoms with Crippen molar-refractivity contribution in [3.63, 3.8) is 0 Å². The second-order valence-corrected chi connectivity index (χ2v) is 11.1. The molecule has 0 bridgehead atoms. The summed E-state index contributed by atoms with van der Waals surface area (Å²) in [7, 11) is 0. The zero-order valence-electron chi connectivity index (χ0n) is 19.8. The molecular formula is C29H25N3OS2. The van der Waals surface area contributed by atoms with Gasteiger partial charge in [-0.15, -0.1) is 11.3 Å². The smallest absolute Gasteiger partial charge is 0.255 e. The number of nitrogens with zero attached hydrogens (tertiary/aromatic N) is 2. The first-order valence-corrected chi connectivity index (χ1v) is 13.1. The number of rotatable bonds is 5. The molecule has 3 aromatic carbocycles. The molecular weight excluding hydrogens is 470 g/mol. The molecule has 0 atom stereocenters. The summed E-state index contributed by atoms with van der Waals surface area (Å²) < 4.78 is 0. The molecule has 0 aliphatic heterocycles. The molecule has 2 aromatic heterocycles. The molecule has 0 aliphatic rings. The minimum absolute atomic E-state index is 0.0430. The SMILES string of the molecule is CC(C)(C)c1ccc(C(=O)Nc2ccccc2Sc2ncnc3scc(-c4ccccc4)c23)cc1. The molecule has 0 spiro atoms. The van der Waals surface area contributed by atoms with Crippen LogP contribution in [0.4, 0.5) is 5.69 Å². The Hall–Kier alpha value is -3.48. The summed E-state index contributed by atoms with van der Waals surface area (Å²) in [6.07, 6.45) is 1.61. The van der Waals surface area contributed by atoms with E-state index in [0.29, 0.717) is 5.56 Å². The van der Waals surface area contributed by atoms with Crippen LogP contribution in [0.25, 0.3) is 21.3 Å². The van der Waals surface area contributed by atoms with Gasteiger partial charge in [0.1, 0.15) is 16.2 Å². The van der Waals surface area contributed by atoms with Gasteiger partial charge in [-0.1, -0.05) is 87.1 Å². The van der Waals surface area contributed by atoms with Gasteiger partial charge in [0.15, 0.2) is 0 Å². The van der Waals surface area contributed by atoms with Gasteiger partial charge in [0.05, 0.1) is 11.1 Å². The van der Waals surface area contributed by atoms with Gasteiger partial charge < -0.3 is 5.32 Å². The molecule has 0 unspecified atom stereocenters. The Morgan fingerprint density at radius 3 is 2.34 bits per heavy atom. The van der Waals surface area contributed by atoms with Gasteiger partial charge >= 0.3 is 0 Å². The second-order valence-electron chi connectivity index (χ2n) is 9.25. The van der Waals surface area contributed by atoms with Crippen molar-refractivity contribution in [2.45, 2.75) is 36.1 Å². The monoisotopic (exact) mass is 495 g/mol. The van der Waals surface area contributed by atoms with Gasteiger partial charge in [0.2, 0.25) is 0 Å². The third-order valence-corrected chi connectivity index (χ3v) is 7.74. The minimum Gasteiger partial charge on any atom is -0.321 e. The van der Waals surface area contributed by atoms with Crippen LogP contribution in [0, 0.1) is 0 Å². The van der Waals surface area contributed by atoms with Crippen molar-refractivity contribution in [3.05, 3.63) is 102 Å². The van der Waals surface area contributed by atoms with E-state index < -0.39 is 0 Å². The maximum atomic E-state index is 13.0. The molecule has 1 amide bonds. The van der Waals surface area contributed by atoms with Crippen molar-refractivity contribution in [1.29, 1.82) is 0 Å². The number of aromatic nitrogens is 2. The Labute approximate surface area is 213 Å².